The molecule has 25 nitrogen and oxygen atoms in total. The molecule has 8 N–H and O–H groups in total. The van der Waals surface area contributed by atoms with Crippen molar-refractivity contribution in [3.8, 4) is 40.9 Å². The van der Waals surface area contributed by atoms with Crippen molar-refractivity contribution in [2.24, 2.45) is 0 Å². The zero-order valence-electron chi connectivity index (χ0n) is 49.9. The summed E-state index contributed by atoms with van der Waals surface area (Å²) >= 11 is 2.80. The first-order valence-corrected chi connectivity index (χ1v) is 32.4. The number of benzene rings is 1. The second kappa shape index (κ2) is 32.1. The number of esters is 1. The Morgan fingerprint density at radius 3 is 2.25 bits per heavy atom. The minimum absolute atomic E-state index is 0.0135. The smallest absolute Gasteiger partial charge is 0.317 e. The van der Waals surface area contributed by atoms with E-state index in [1.165, 1.54) is 51.2 Å². The second-order valence-corrected chi connectivity index (χ2v) is 26.1. The van der Waals surface area contributed by atoms with Crippen molar-refractivity contribution in [3.63, 3.8) is 0 Å². The topological polar surface area (TPSA) is 334 Å². The number of hydrogen-bond acceptors (Lipinski definition) is 27. The van der Waals surface area contributed by atoms with E-state index in [0.717, 1.165) is 29.7 Å². The summed E-state index contributed by atoms with van der Waals surface area (Å²) in [5, 5.41) is 69.0. The third-order valence-corrected chi connectivity index (χ3v) is 20.8. The maximum absolute atomic E-state index is 14.5. The van der Waals surface area contributed by atoms with Crippen LogP contribution < -0.4 is 25.0 Å². The average Bonchev–Trinajstić information content (AvgIpc) is 1.21. The Bertz CT molecular complexity index is 2850. The molecule has 2 aliphatic carbocycles. The fourth-order valence-electron chi connectivity index (χ4n) is 10.8. The molecule has 6 aliphatic rings. The van der Waals surface area contributed by atoms with Crippen LogP contribution in [0.2, 0.25) is 0 Å². The number of ketones is 1. The van der Waals surface area contributed by atoms with Gasteiger partial charge in [0.25, 0.3) is 0 Å². The maximum atomic E-state index is 14.5. The molecular weight excluding hydrogens is 1320 g/mol. The molecule has 1 unspecified atom stereocenters. The number of rotatable bonds is 24. The fraction of sp³-hybridized carbons (Fsp3) is 0.655. The van der Waals surface area contributed by atoms with Gasteiger partial charge in [-0.15, -0.1) is 0 Å². The maximum Gasteiger partial charge on any atom is 0.317 e. The van der Waals surface area contributed by atoms with Crippen molar-refractivity contribution >= 4 is 78.8 Å². The number of hydroxylamine groups is 1. The number of carboxylic acids is 1. The molecule has 0 saturated carbocycles. The minimum atomic E-state index is -2.14. The molecule has 2 bridgehead atoms. The lowest BCUT2D eigenvalue weighted by atomic mass is 9.72. The zero-order chi connectivity index (χ0) is 63.6. The summed E-state index contributed by atoms with van der Waals surface area (Å²) in [7, 11) is 9.01. The highest BCUT2D eigenvalue weighted by molar-refractivity contribution is 14.1. The number of aliphatic hydroxyl groups is 5. The van der Waals surface area contributed by atoms with Gasteiger partial charge in [0.05, 0.1) is 97.8 Å². The monoisotopic (exact) mass is 1390 g/mol. The largest absolute Gasteiger partial charge is 0.492 e. The first-order chi connectivity index (χ1) is 41.4. The van der Waals surface area contributed by atoms with E-state index in [1.807, 2.05) is 29.5 Å². The standard InChI is InChI=1S/C58H77IN2O23S3/c1-12-60-33-25-77-39(23-37(33)72-7)82-51-46(66)44(27(3)79-57(51)81-36-17-15-13-14-16-19-58(71)24-35(63)31(21-38(64)73-8)42(36)32(58)18-20-85-87-30(6)54(68)69)61-84-40-22-34(62)53(29(5)78-40)86-55(70)41-26(2)43(59)49(52(76-11)48(41)74-9)83-56-47(67)50(75-10)45(65)28(4)80-56/h13-14,18,27-30,33-34,36-37,39-40,44-47,50-51,53,56-57,60-62,65-67,71H,12,20-25H2,1-11H3,(H,68,69)/b14-13-,32-18+/t27-,28+,29-,30?,33+,34+,36+,37+,39+,40+,44-,45+,46+,47-,50-,51-,53-,56+,57+,58+/m1/s1. The van der Waals surface area contributed by atoms with E-state index in [4.69, 9.17) is 61.7 Å². The molecule has 1 aromatic rings. The number of aliphatic carboxylic acids is 1. The van der Waals surface area contributed by atoms with Crippen LogP contribution in [0, 0.1) is 34.2 Å². The van der Waals surface area contributed by atoms with E-state index in [0.29, 0.717) is 15.7 Å². The highest BCUT2D eigenvalue weighted by Gasteiger charge is 2.52. The van der Waals surface area contributed by atoms with Crippen LogP contribution in [-0.4, -0.2) is 228 Å². The molecule has 1 aromatic carbocycles. The summed E-state index contributed by atoms with van der Waals surface area (Å²) in [6.07, 6.45) is -14.0. The Balaban J connectivity index is 1.13. The number of aliphatic hydroxyl groups excluding tert-OH is 4. The number of hydrogen-bond donors (Lipinski definition) is 8. The lowest BCUT2D eigenvalue weighted by molar-refractivity contribution is -0.336. The van der Waals surface area contributed by atoms with Crippen molar-refractivity contribution in [1.82, 2.24) is 10.8 Å². The van der Waals surface area contributed by atoms with Gasteiger partial charge in [-0.2, -0.15) is 5.48 Å². The molecule has 0 spiro atoms. The number of halogens is 1. The molecule has 4 saturated heterocycles. The molecule has 4 aliphatic heterocycles. The predicted octanol–water partition coefficient (Wildman–Crippen LogP) is 2.64. The molecular formula is C58H77IN2O23S3. The third kappa shape index (κ3) is 16.5. The first-order valence-electron chi connectivity index (χ1n) is 28.0. The number of carbonyl (C=O) groups is 4. The van der Waals surface area contributed by atoms with Gasteiger partial charge >= 0.3 is 11.9 Å². The number of Topliss-reactive ketones (excluding diaryl/α,β-unsaturated/α-hetero) is 1. The molecule has 20 atom stereocenters. The van der Waals surface area contributed by atoms with Crippen molar-refractivity contribution in [2.45, 2.75) is 188 Å². The summed E-state index contributed by atoms with van der Waals surface area (Å²) in [5.74, 6) is 9.18. The van der Waals surface area contributed by atoms with Gasteiger partial charge in [-0.05, 0) is 81.5 Å². The Hall–Kier alpha value is -3.62. The molecule has 4 fully saturated rings. The molecule has 7 rings (SSSR count). The molecule has 29 heteroatoms. The van der Waals surface area contributed by atoms with Crippen LogP contribution in [0.3, 0.4) is 0 Å². The van der Waals surface area contributed by atoms with Gasteiger partial charge < -0.3 is 92.8 Å². The third-order valence-electron chi connectivity index (χ3n) is 15.5. The molecule has 4 heterocycles. The van der Waals surface area contributed by atoms with E-state index >= 15 is 0 Å². The van der Waals surface area contributed by atoms with Crippen molar-refractivity contribution in [3.05, 3.63) is 49.6 Å². The highest BCUT2D eigenvalue weighted by atomic mass is 127. The Kier molecular flexibility index (Phi) is 26.1. The number of allylic oxidation sites excluding steroid dienone is 2. The number of ether oxygens (including phenoxy) is 12. The van der Waals surface area contributed by atoms with Gasteiger partial charge in [-0.25, -0.2) is 0 Å². The van der Waals surface area contributed by atoms with Gasteiger partial charge in [0, 0.05) is 49.5 Å². The van der Waals surface area contributed by atoms with Crippen LogP contribution in [-0.2, 0) is 61.9 Å². The molecule has 87 heavy (non-hydrogen) atoms. The number of methoxy groups -OCH3 is 5. The lowest BCUT2D eigenvalue weighted by Crippen LogP contribution is -2.65. The van der Waals surface area contributed by atoms with E-state index in [2.05, 4.69) is 34.5 Å². The normalized spacial score (nSPS) is 35.5. The van der Waals surface area contributed by atoms with Crippen molar-refractivity contribution in [1.29, 1.82) is 0 Å². The second-order valence-electron chi connectivity index (χ2n) is 21.2. The summed E-state index contributed by atoms with van der Waals surface area (Å²) in [6.45, 7) is 10.8. The first kappa shape index (κ1) is 70.8. The Labute approximate surface area is 530 Å². The number of thioether (sulfide) groups is 1. The number of nitrogens with one attached hydrogen (secondary N) is 2. The number of fused-ring (bicyclic) bond motifs is 2. The lowest BCUT2D eigenvalue weighted by Gasteiger charge is -2.46. The van der Waals surface area contributed by atoms with Gasteiger partial charge in [0.1, 0.15) is 41.9 Å². The van der Waals surface area contributed by atoms with Crippen molar-refractivity contribution < 1.29 is 111 Å². The van der Waals surface area contributed by atoms with Crippen molar-refractivity contribution in [2.75, 3.05) is 54.5 Å². The molecule has 482 valence electrons. The predicted molar refractivity (Wildman–Crippen MR) is 324 cm³/mol. The SMILES string of the molecule is CCN[C@H]1CO[C@@H](O[C@H]2[C@H](O[C@H]3C#C/C=C\C#C[C@]4(O)CC(=O)C(CC(=O)OC)=C3/C4=C\CSSC(C)C(=O)O)O[C@H](C)[C@@H](NO[C@H]3C[C@H](O)[C@H](SC(=O)c4c(C)c(I)c(O[C@@H]5O[C@@H](C)[C@H](O)[C@@H](OC)[C@H]5O)c(OC)c4OC)[C@@H](C)O3)[C@@H]2O)C[C@@H]1OC. The van der Waals surface area contributed by atoms with Gasteiger partial charge in [-0.3, -0.25) is 24.0 Å². The van der Waals surface area contributed by atoms with E-state index in [9.17, 15) is 49.8 Å². The number of likely N-dealkylation sites (N-methyl/N-ethyl adjacent to an activating group) is 1. The summed E-state index contributed by atoms with van der Waals surface area (Å²) in [6, 6.07) is -1.32. The van der Waals surface area contributed by atoms with Gasteiger partial charge in [-0.1, -0.05) is 70.0 Å². The quantitative estimate of drug-likeness (QED) is 0.0184. The Morgan fingerprint density at radius 2 is 1.60 bits per heavy atom. The van der Waals surface area contributed by atoms with E-state index in [-0.39, 0.29) is 70.8 Å². The zero-order valence-corrected chi connectivity index (χ0v) is 54.5. The Morgan fingerprint density at radius 1 is 0.885 bits per heavy atom. The summed E-state index contributed by atoms with van der Waals surface area (Å²) in [5.41, 5.74) is 1.26. The summed E-state index contributed by atoms with van der Waals surface area (Å²) < 4.78 is 72.6. The van der Waals surface area contributed by atoms with Crippen LogP contribution in [0.15, 0.2) is 34.9 Å². The van der Waals surface area contributed by atoms with Crippen LogP contribution >= 0.6 is 55.9 Å². The van der Waals surface area contributed by atoms with Crippen LogP contribution in [0.25, 0.3) is 0 Å². The molecule has 0 radical (unpaired) electrons. The highest BCUT2D eigenvalue weighted by Crippen LogP contribution is 2.49. The minimum Gasteiger partial charge on any atom is -0.492 e. The van der Waals surface area contributed by atoms with Gasteiger partial charge in [0.2, 0.25) is 17.2 Å². The van der Waals surface area contributed by atoms with Crippen LogP contribution in [0.5, 0.6) is 17.2 Å². The van der Waals surface area contributed by atoms with E-state index < -0.39 is 150 Å². The summed E-state index contributed by atoms with van der Waals surface area (Å²) in [4.78, 5) is 59.5. The van der Waals surface area contributed by atoms with Gasteiger partial charge in [0.15, 0.2) is 41.8 Å². The van der Waals surface area contributed by atoms with Crippen LogP contribution in [0.4, 0.5) is 0 Å². The molecule has 0 amide bonds. The average molecular weight is 1390 g/mol. The fourth-order valence-corrected chi connectivity index (χ4v) is 14.5. The van der Waals surface area contributed by atoms with E-state index in [1.54, 1.807) is 40.9 Å². The number of carbonyl (C=O) groups excluding carboxylic acids is 3. The van der Waals surface area contributed by atoms with Crippen LogP contribution in [0.1, 0.15) is 76.2 Å². The molecule has 0 aromatic heterocycles. The number of carboxylic acid groups (broad SMARTS) is 1.